The van der Waals surface area contributed by atoms with Gasteiger partial charge in [-0.05, 0) is 35.6 Å². The van der Waals surface area contributed by atoms with Gasteiger partial charge in [-0.25, -0.2) is 4.98 Å². The van der Waals surface area contributed by atoms with Crippen molar-refractivity contribution in [3.05, 3.63) is 126 Å². The fraction of sp³-hybridized carbons (Fsp3) is 0.275. The number of nitrogens with one attached hydrogen (secondary N) is 6. The lowest BCUT2D eigenvalue weighted by atomic mass is 9.84. The van der Waals surface area contributed by atoms with Gasteiger partial charge in [0.15, 0.2) is 5.96 Å². The summed E-state index contributed by atoms with van der Waals surface area (Å²) in [6.07, 6.45) is 5.22. The number of nitrogens with zero attached hydrogens (tertiary/aromatic N) is 2. The zero-order chi connectivity index (χ0) is 40.0. The Bertz CT molecular complexity index is 2080. The Kier molecular flexibility index (Phi) is 13.9. The van der Waals surface area contributed by atoms with E-state index < -0.39 is 59.6 Å². The van der Waals surface area contributed by atoms with Gasteiger partial charge in [0.25, 0.3) is 0 Å². The van der Waals surface area contributed by atoms with Crippen LogP contribution in [0, 0.1) is 0 Å². The standard InChI is InChI=1S/C40H47N11O5/c1-24(52)48-33(20-28-22-44-23-47-28)38(55)51-35(34(25-11-4-2-5-12-25)26-13-6-3-7-14-26)39(56)49-31(17-10-18-45-40(42)43)37(54)50-32(36(41)53)19-27-21-46-30-16-9-8-15-29(27)30/h2-9,11-16,21-23,31-35,46H,10,17-20H2,1H3,(H2,41,53)(H,44,47)(H,48,52)(H,49,56)(H,50,54)(H,51,55)(H4,42,43,45)/t31-,32-,33-,35+/m0/s1. The average molecular weight is 762 g/mol. The topological polar surface area (TPSA) is 268 Å². The van der Waals surface area contributed by atoms with Gasteiger partial charge >= 0.3 is 0 Å². The van der Waals surface area contributed by atoms with Crippen LogP contribution in [0.2, 0.25) is 0 Å². The molecule has 0 unspecified atom stereocenters. The number of amides is 5. The van der Waals surface area contributed by atoms with Crippen LogP contribution in [0.3, 0.4) is 0 Å². The molecular formula is C40H47N11O5. The zero-order valence-corrected chi connectivity index (χ0v) is 30.9. The van der Waals surface area contributed by atoms with Crippen molar-refractivity contribution in [3.8, 4) is 0 Å². The monoisotopic (exact) mass is 761 g/mol. The molecule has 3 aromatic carbocycles. The fourth-order valence-electron chi connectivity index (χ4n) is 6.57. The number of guanidine groups is 1. The van der Waals surface area contributed by atoms with Crippen LogP contribution in [0.1, 0.15) is 48.1 Å². The van der Waals surface area contributed by atoms with Crippen LogP contribution in [0.25, 0.3) is 10.9 Å². The third kappa shape index (κ3) is 11.0. The van der Waals surface area contributed by atoms with Gasteiger partial charge in [0.05, 0.1) is 6.33 Å². The average Bonchev–Trinajstić information content (AvgIpc) is 3.85. The number of nitrogens with two attached hydrogens (primary N) is 3. The maximum absolute atomic E-state index is 14.7. The first-order valence-electron chi connectivity index (χ1n) is 18.1. The van der Waals surface area contributed by atoms with Crippen molar-refractivity contribution in [3.63, 3.8) is 0 Å². The molecule has 56 heavy (non-hydrogen) atoms. The number of H-pyrrole nitrogens is 2. The second-order valence-electron chi connectivity index (χ2n) is 13.4. The Morgan fingerprint density at radius 3 is 1.95 bits per heavy atom. The number of para-hydroxylation sites is 1. The highest BCUT2D eigenvalue weighted by atomic mass is 16.2. The number of carbonyl (C=O) groups is 5. The number of rotatable bonds is 19. The summed E-state index contributed by atoms with van der Waals surface area (Å²) < 4.78 is 0. The number of aliphatic imine (C=N–C) groups is 1. The third-order valence-electron chi connectivity index (χ3n) is 9.24. The summed E-state index contributed by atoms with van der Waals surface area (Å²) in [5.41, 5.74) is 20.5. The molecule has 5 rings (SSSR count). The molecule has 0 radical (unpaired) electrons. The molecule has 2 aromatic heterocycles. The first kappa shape index (κ1) is 40.2. The van der Waals surface area contributed by atoms with Crippen LogP contribution in [0.4, 0.5) is 0 Å². The molecule has 0 saturated heterocycles. The van der Waals surface area contributed by atoms with Crippen LogP contribution >= 0.6 is 0 Å². The summed E-state index contributed by atoms with van der Waals surface area (Å²) in [5.74, 6) is -4.14. The molecule has 12 N–H and O–H groups in total. The van der Waals surface area contributed by atoms with Gasteiger partial charge < -0.3 is 48.4 Å². The van der Waals surface area contributed by atoms with E-state index in [2.05, 4.69) is 41.2 Å². The molecule has 0 aliphatic heterocycles. The van der Waals surface area contributed by atoms with E-state index in [0.717, 1.165) is 16.5 Å². The van der Waals surface area contributed by atoms with E-state index >= 15 is 0 Å². The Labute approximate surface area is 323 Å². The highest BCUT2D eigenvalue weighted by molar-refractivity contribution is 5.96. The van der Waals surface area contributed by atoms with Gasteiger partial charge in [-0.15, -0.1) is 0 Å². The molecule has 2 heterocycles. The first-order chi connectivity index (χ1) is 27.0. The van der Waals surface area contributed by atoms with Crippen molar-refractivity contribution >= 4 is 46.4 Å². The molecule has 0 spiro atoms. The Balaban J connectivity index is 1.48. The highest BCUT2D eigenvalue weighted by Crippen LogP contribution is 2.29. The van der Waals surface area contributed by atoms with Crippen molar-refractivity contribution in [2.75, 3.05) is 6.54 Å². The van der Waals surface area contributed by atoms with E-state index in [0.29, 0.717) is 16.8 Å². The summed E-state index contributed by atoms with van der Waals surface area (Å²) in [4.78, 5) is 82.1. The molecular weight excluding hydrogens is 715 g/mol. The molecule has 292 valence electrons. The minimum absolute atomic E-state index is 0.0574. The summed E-state index contributed by atoms with van der Waals surface area (Å²) in [7, 11) is 0. The van der Waals surface area contributed by atoms with E-state index in [-0.39, 0.29) is 38.2 Å². The Hall–Kier alpha value is -6.97. The lowest BCUT2D eigenvalue weighted by molar-refractivity contribution is -0.134. The van der Waals surface area contributed by atoms with Gasteiger partial charge in [-0.2, -0.15) is 0 Å². The lowest BCUT2D eigenvalue weighted by Crippen LogP contribution is -2.59. The van der Waals surface area contributed by atoms with Crippen LogP contribution in [0.15, 0.2) is 109 Å². The van der Waals surface area contributed by atoms with Crippen LogP contribution in [0.5, 0.6) is 0 Å². The van der Waals surface area contributed by atoms with Crippen molar-refractivity contribution in [1.82, 2.24) is 36.2 Å². The molecule has 4 atom stereocenters. The molecule has 0 fully saturated rings. The maximum atomic E-state index is 14.7. The van der Waals surface area contributed by atoms with Crippen LogP contribution < -0.4 is 38.5 Å². The number of fused-ring (bicyclic) bond motifs is 1. The van der Waals surface area contributed by atoms with E-state index in [4.69, 9.17) is 17.2 Å². The van der Waals surface area contributed by atoms with Gasteiger partial charge in [0.1, 0.15) is 24.2 Å². The van der Waals surface area contributed by atoms with E-state index in [1.54, 1.807) is 6.20 Å². The van der Waals surface area contributed by atoms with E-state index in [9.17, 15) is 24.0 Å². The summed E-state index contributed by atoms with van der Waals surface area (Å²) >= 11 is 0. The molecule has 0 aliphatic carbocycles. The van der Waals surface area contributed by atoms with Gasteiger partial charge in [-0.1, -0.05) is 78.9 Å². The smallest absolute Gasteiger partial charge is 0.244 e. The number of hydrogen-bond donors (Lipinski definition) is 9. The second kappa shape index (κ2) is 19.4. The number of imidazole rings is 1. The third-order valence-corrected chi connectivity index (χ3v) is 9.24. The minimum Gasteiger partial charge on any atom is -0.370 e. The predicted octanol–water partition coefficient (Wildman–Crippen LogP) is 1.01. The molecule has 0 saturated carbocycles. The number of hydrogen-bond acceptors (Lipinski definition) is 7. The molecule has 5 aromatic rings. The minimum atomic E-state index is -1.31. The van der Waals surface area contributed by atoms with Crippen molar-refractivity contribution in [2.45, 2.75) is 62.7 Å². The Morgan fingerprint density at radius 1 is 0.714 bits per heavy atom. The van der Waals surface area contributed by atoms with E-state index in [1.165, 1.54) is 19.4 Å². The summed E-state index contributed by atoms with van der Waals surface area (Å²) in [6, 6.07) is 21.1. The predicted molar refractivity (Wildman–Crippen MR) is 212 cm³/mol. The second-order valence-corrected chi connectivity index (χ2v) is 13.4. The van der Waals surface area contributed by atoms with Gasteiger partial charge in [0, 0.05) is 61.2 Å². The largest absolute Gasteiger partial charge is 0.370 e. The number of benzene rings is 3. The normalized spacial score (nSPS) is 13.2. The van der Waals surface area contributed by atoms with E-state index in [1.807, 2.05) is 84.9 Å². The van der Waals surface area contributed by atoms with Crippen LogP contribution in [-0.2, 0) is 36.8 Å². The Morgan fingerprint density at radius 2 is 1.34 bits per heavy atom. The summed E-state index contributed by atoms with van der Waals surface area (Å²) in [5, 5.41) is 12.0. The highest BCUT2D eigenvalue weighted by Gasteiger charge is 2.37. The number of aromatic nitrogens is 3. The zero-order valence-electron chi connectivity index (χ0n) is 30.9. The van der Waals surface area contributed by atoms with Crippen molar-refractivity contribution in [2.24, 2.45) is 22.2 Å². The van der Waals surface area contributed by atoms with Gasteiger partial charge in [-0.3, -0.25) is 29.0 Å². The van der Waals surface area contributed by atoms with Crippen molar-refractivity contribution in [1.29, 1.82) is 0 Å². The molecule has 0 aliphatic rings. The lowest BCUT2D eigenvalue weighted by Gasteiger charge is -2.31. The molecule has 16 nitrogen and oxygen atoms in total. The van der Waals surface area contributed by atoms with Gasteiger partial charge in [0.2, 0.25) is 29.5 Å². The van der Waals surface area contributed by atoms with Crippen molar-refractivity contribution < 1.29 is 24.0 Å². The fourth-order valence-corrected chi connectivity index (χ4v) is 6.57. The molecule has 5 amide bonds. The number of carbonyl (C=O) groups excluding carboxylic acids is 5. The molecule has 16 heteroatoms. The quantitative estimate of drug-likeness (QED) is 0.0332. The maximum Gasteiger partial charge on any atom is 0.244 e. The first-order valence-corrected chi connectivity index (χ1v) is 18.1. The SMILES string of the molecule is CC(=O)N[C@@H](Cc1cnc[nH]1)C(=O)N[C@@H](C(=O)N[C@@H](CCCN=C(N)N)C(=O)N[C@@H](Cc1c[nH]c2ccccc12)C(N)=O)C(c1ccccc1)c1ccccc1. The number of aromatic amines is 2. The summed E-state index contributed by atoms with van der Waals surface area (Å²) in [6.45, 7) is 1.44. The molecule has 0 bridgehead atoms. The number of primary amides is 1. The van der Waals surface area contributed by atoms with Crippen LogP contribution in [-0.4, -0.2) is 81.2 Å².